The summed E-state index contributed by atoms with van der Waals surface area (Å²) < 4.78 is 11.3. The minimum Gasteiger partial charge on any atom is -0.493 e. The van der Waals surface area contributed by atoms with Gasteiger partial charge in [0.05, 0.1) is 19.8 Å². The Labute approximate surface area is 173 Å². The van der Waals surface area contributed by atoms with E-state index >= 15 is 0 Å². The SMILES string of the molecule is CCCCCOc1ccc(C(C)NC(=O)c2[nH]c(C)c(C(C)=O)c2C)cc1OC. The normalized spacial score (nSPS) is 11.8. The van der Waals surface area contributed by atoms with E-state index < -0.39 is 0 Å². The summed E-state index contributed by atoms with van der Waals surface area (Å²) in [5, 5.41) is 2.99. The van der Waals surface area contributed by atoms with Gasteiger partial charge in [-0.25, -0.2) is 0 Å². The molecule has 0 spiro atoms. The molecule has 1 aromatic heterocycles. The van der Waals surface area contributed by atoms with Crippen LogP contribution in [0.1, 0.15) is 83.7 Å². The predicted molar refractivity (Wildman–Crippen MR) is 114 cm³/mol. The first-order chi connectivity index (χ1) is 13.8. The Balaban J connectivity index is 2.12. The lowest BCUT2D eigenvalue weighted by Crippen LogP contribution is -2.27. The van der Waals surface area contributed by atoms with E-state index in [0.29, 0.717) is 40.6 Å². The number of rotatable bonds is 10. The van der Waals surface area contributed by atoms with Crippen LogP contribution in [0.2, 0.25) is 0 Å². The van der Waals surface area contributed by atoms with Crippen molar-refractivity contribution in [3.8, 4) is 11.5 Å². The quantitative estimate of drug-likeness (QED) is 0.439. The fourth-order valence-electron chi connectivity index (χ4n) is 3.46. The van der Waals surface area contributed by atoms with Crippen LogP contribution in [0, 0.1) is 13.8 Å². The number of hydrogen-bond acceptors (Lipinski definition) is 4. The van der Waals surface area contributed by atoms with E-state index in [0.717, 1.165) is 24.8 Å². The number of aryl methyl sites for hydroxylation is 1. The van der Waals surface area contributed by atoms with Crippen molar-refractivity contribution in [3.63, 3.8) is 0 Å². The van der Waals surface area contributed by atoms with Gasteiger partial charge in [-0.15, -0.1) is 0 Å². The third-order valence-corrected chi connectivity index (χ3v) is 5.06. The minimum absolute atomic E-state index is 0.0531. The molecular formula is C23H32N2O4. The zero-order chi connectivity index (χ0) is 21.6. The number of carbonyl (C=O) groups is 2. The first kappa shape index (κ1) is 22.5. The Hall–Kier alpha value is -2.76. The van der Waals surface area contributed by atoms with E-state index in [1.54, 1.807) is 21.0 Å². The van der Waals surface area contributed by atoms with Crippen molar-refractivity contribution < 1.29 is 19.1 Å². The molecule has 1 atom stereocenters. The van der Waals surface area contributed by atoms with Crippen LogP contribution in [0.4, 0.5) is 0 Å². The third kappa shape index (κ3) is 5.40. The van der Waals surface area contributed by atoms with E-state index in [2.05, 4.69) is 17.2 Å². The number of Topliss-reactive ketones (excluding diaryl/α,β-unsaturated/α-hetero) is 1. The maximum absolute atomic E-state index is 12.8. The van der Waals surface area contributed by atoms with Crippen molar-refractivity contribution in [1.82, 2.24) is 10.3 Å². The van der Waals surface area contributed by atoms with Gasteiger partial charge in [0.15, 0.2) is 17.3 Å². The first-order valence-corrected chi connectivity index (χ1v) is 10.1. The zero-order valence-electron chi connectivity index (χ0n) is 18.3. The highest BCUT2D eigenvalue weighted by Crippen LogP contribution is 2.31. The number of carbonyl (C=O) groups excluding carboxylic acids is 2. The molecule has 6 nitrogen and oxygen atoms in total. The Kier molecular flexibility index (Phi) is 7.88. The maximum Gasteiger partial charge on any atom is 0.268 e. The third-order valence-electron chi connectivity index (χ3n) is 5.06. The summed E-state index contributed by atoms with van der Waals surface area (Å²) >= 11 is 0. The van der Waals surface area contributed by atoms with Gasteiger partial charge in [-0.1, -0.05) is 25.8 Å². The molecule has 2 N–H and O–H groups in total. The van der Waals surface area contributed by atoms with Gasteiger partial charge in [0.2, 0.25) is 0 Å². The second-order valence-electron chi connectivity index (χ2n) is 7.34. The highest BCUT2D eigenvalue weighted by molar-refractivity contribution is 6.02. The average molecular weight is 401 g/mol. The molecule has 0 radical (unpaired) electrons. The molecular weight excluding hydrogens is 368 g/mol. The number of aromatic nitrogens is 1. The Morgan fingerprint density at radius 3 is 2.48 bits per heavy atom. The van der Waals surface area contributed by atoms with Gasteiger partial charge >= 0.3 is 0 Å². The highest BCUT2D eigenvalue weighted by Gasteiger charge is 2.21. The summed E-state index contributed by atoms with van der Waals surface area (Å²) in [7, 11) is 1.61. The molecule has 0 bridgehead atoms. The average Bonchev–Trinajstić information content (AvgIpc) is 2.99. The van der Waals surface area contributed by atoms with E-state index in [-0.39, 0.29) is 17.7 Å². The lowest BCUT2D eigenvalue weighted by molar-refractivity contribution is 0.0934. The van der Waals surface area contributed by atoms with Gasteiger partial charge in [-0.2, -0.15) is 0 Å². The number of amides is 1. The first-order valence-electron chi connectivity index (χ1n) is 10.1. The Bertz CT molecular complexity index is 870. The number of aromatic amines is 1. The van der Waals surface area contributed by atoms with Gasteiger partial charge in [0.25, 0.3) is 5.91 Å². The van der Waals surface area contributed by atoms with Crippen LogP contribution in [0.25, 0.3) is 0 Å². The molecule has 2 rings (SSSR count). The number of unbranched alkanes of at least 4 members (excludes halogenated alkanes) is 2. The maximum atomic E-state index is 12.8. The van der Waals surface area contributed by atoms with Gasteiger partial charge in [0.1, 0.15) is 5.69 Å². The summed E-state index contributed by atoms with van der Waals surface area (Å²) in [4.78, 5) is 27.6. The number of nitrogens with one attached hydrogen (secondary N) is 2. The predicted octanol–water partition coefficient (Wildman–Crippen LogP) is 4.90. The zero-order valence-corrected chi connectivity index (χ0v) is 18.3. The van der Waals surface area contributed by atoms with Crippen LogP contribution < -0.4 is 14.8 Å². The topological polar surface area (TPSA) is 80.4 Å². The smallest absolute Gasteiger partial charge is 0.268 e. The van der Waals surface area contributed by atoms with E-state index in [4.69, 9.17) is 9.47 Å². The number of hydrogen-bond donors (Lipinski definition) is 2. The molecule has 1 amide bonds. The molecule has 0 aliphatic heterocycles. The largest absolute Gasteiger partial charge is 0.493 e. The number of H-pyrrole nitrogens is 1. The molecule has 0 fully saturated rings. The number of methoxy groups -OCH3 is 1. The standard InChI is InChI=1S/C23H32N2O4/c1-7-8-9-12-29-19-11-10-18(13-20(19)28-6)15(3)25-23(27)22-14(2)21(17(5)26)16(4)24-22/h10-11,13,15,24H,7-9,12H2,1-6H3,(H,25,27). The molecule has 0 aliphatic carbocycles. The van der Waals surface area contributed by atoms with E-state index in [1.165, 1.54) is 6.92 Å². The highest BCUT2D eigenvalue weighted by atomic mass is 16.5. The number of ketones is 1. The number of benzene rings is 1. The van der Waals surface area contributed by atoms with Crippen molar-refractivity contribution >= 4 is 11.7 Å². The fraction of sp³-hybridized carbons (Fsp3) is 0.478. The second-order valence-corrected chi connectivity index (χ2v) is 7.34. The molecule has 29 heavy (non-hydrogen) atoms. The molecule has 0 aliphatic rings. The van der Waals surface area contributed by atoms with Crippen LogP contribution >= 0.6 is 0 Å². The van der Waals surface area contributed by atoms with Crippen LogP contribution in [0.15, 0.2) is 18.2 Å². The molecule has 0 saturated heterocycles. The summed E-state index contributed by atoms with van der Waals surface area (Å²) in [6.45, 7) is 9.81. The lowest BCUT2D eigenvalue weighted by atomic mass is 10.1. The fourth-order valence-corrected chi connectivity index (χ4v) is 3.46. The minimum atomic E-state index is -0.246. The summed E-state index contributed by atoms with van der Waals surface area (Å²) in [5.74, 6) is 1.05. The van der Waals surface area contributed by atoms with Gasteiger partial charge in [0, 0.05) is 11.3 Å². The van der Waals surface area contributed by atoms with Crippen LogP contribution in [-0.2, 0) is 0 Å². The lowest BCUT2D eigenvalue weighted by Gasteiger charge is -2.17. The number of ether oxygens (including phenoxy) is 2. The molecule has 2 aromatic rings. The molecule has 158 valence electrons. The molecule has 0 saturated carbocycles. The monoisotopic (exact) mass is 400 g/mol. The summed E-state index contributed by atoms with van der Waals surface area (Å²) in [6, 6.07) is 5.44. The van der Waals surface area contributed by atoms with Crippen molar-refractivity contribution in [2.24, 2.45) is 0 Å². The van der Waals surface area contributed by atoms with E-state index in [9.17, 15) is 9.59 Å². The van der Waals surface area contributed by atoms with Crippen molar-refractivity contribution in [2.45, 2.75) is 59.9 Å². The summed E-state index contributed by atoms with van der Waals surface area (Å²) in [6.07, 6.45) is 3.28. The second kappa shape index (κ2) is 10.1. The van der Waals surface area contributed by atoms with Crippen LogP contribution in [0.3, 0.4) is 0 Å². The molecule has 1 unspecified atom stereocenters. The Morgan fingerprint density at radius 2 is 1.90 bits per heavy atom. The summed E-state index contributed by atoms with van der Waals surface area (Å²) in [5.41, 5.74) is 3.28. The van der Waals surface area contributed by atoms with E-state index in [1.807, 2.05) is 25.1 Å². The van der Waals surface area contributed by atoms with Gasteiger partial charge < -0.3 is 19.8 Å². The van der Waals surface area contributed by atoms with Crippen molar-refractivity contribution in [1.29, 1.82) is 0 Å². The molecule has 1 aromatic carbocycles. The Morgan fingerprint density at radius 1 is 1.17 bits per heavy atom. The van der Waals surface area contributed by atoms with Crippen molar-refractivity contribution in [3.05, 3.63) is 46.3 Å². The van der Waals surface area contributed by atoms with Crippen LogP contribution in [-0.4, -0.2) is 30.4 Å². The van der Waals surface area contributed by atoms with Gasteiger partial charge in [-0.05, 0) is 57.4 Å². The van der Waals surface area contributed by atoms with Crippen molar-refractivity contribution in [2.75, 3.05) is 13.7 Å². The van der Waals surface area contributed by atoms with Gasteiger partial charge in [-0.3, -0.25) is 9.59 Å². The van der Waals surface area contributed by atoms with Crippen LogP contribution in [0.5, 0.6) is 11.5 Å². The molecule has 1 heterocycles. The molecule has 6 heteroatoms.